The predicted molar refractivity (Wildman–Crippen MR) is 92.1 cm³/mol. The van der Waals surface area contributed by atoms with Crippen LogP contribution < -0.4 is 0 Å². The summed E-state index contributed by atoms with van der Waals surface area (Å²) in [4.78, 5) is 25.2. The van der Waals surface area contributed by atoms with Gasteiger partial charge in [-0.3, -0.25) is 14.9 Å². The first-order chi connectivity index (χ1) is 11.3. The smallest absolute Gasteiger partial charge is 0.276 e. The molecule has 0 radical (unpaired) electrons. The minimum atomic E-state index is -0.787. The van der Waals surface area contributed by atoms with E-state index in [1.54, 1.807) is 12.1 Å². The number of hydrogen-bond donors (Lipinski definition) is 0. The maximum absolute atomic E-state index is 13.9. The van der Waals surface area contributed by atoms with E-state index < -0.39 is 22.3 Å². The molecule has 0 saturated carbocycles. The average Bonchev–Trinajstić information content (AvgIpc) is 2.93. The molecule has 1 aromatic carbocycles. The van der Waals surface area contributed by atoms with Crippen molar-refractivity contribution < 1.29 is 14.1 Å². The van der Waals surface area contributed by atoms with Gasteiger partial charge in [0.05, 0.1) is 21.4 Å². The minimum Gasteiger partial charge on any atom is -0.330 e. The number of benzene rings is 1. The molecule has 1 heterocycles. The zero-order chi connectivity index (χ0) is 17.9. The first-order valence-corrected chi connectivity index (χ1v) is 8.12. The lowest BCUT2D eigenvalue weighted by Gasteiger charge is -2.20. The van der Waals surface area contributed by atoms with E-state index in [1.165, 1.54) is 29.2 Å². The molecule has 0 atom stereocenters. The Morgan fingerprint density at radius 3 is 2.75 bits per heavy atom. The lowest BCUT2D eigenvalue weighted by molar-refractivity contribution is -0.385. The number of thiophene rings is 1. The van der Waals surface area contributed by atoms with Crippen molar-refractivity contribution >= 4 is 34.5 Å². The third kappa shape index (κ3) is 3.98. The van der Waals surface area contributed by atoms with Crippen LogP contribution in [-0.4, -0.2) is 22.3 Å². The van der Waals surface area contributed by atoms with E-state index in [0.717, 1.165) is 17.0 Å². The van der Waals surface area contributed by atoms with E-state index in [0.29, 0.717) is 4.34 Å². The van der Waals surface area contributed by atoms with Crippen LogP contribution in [0.15, 0.2) is 36.9 Å². The van der Waals surface area contributed by atoms with E-state index in [-0.39, 0.29) is 24.2 Å². The van der Waals surface area contributed by atoms with Crippen molar-refractivity contribution in [3.63, 3.8) is 0 Å². The van der Waals surface area contributed by atoms with Crippen LogP contribution in [0.2, 0.25) is 4.34 Å². The van der Waals surface area contributed by atoms with Crippen molar-refractivity contribution in [3.8, 4) is 0 Å². The van der Waals surface area contributed by atoms with E-state index in [2.05, 4.69) is 6.58 Å². The monoisotopic (exact) mass is 368 g/mol. The summed E-state index contributed by atoms with van der Waals surface area (Å²) in [5.74, 6) is -1.30. The van der Waals surface area contributed by atoms with Gasteiger partial charge in [0.1, 0.15) is 5.82 Å². The molecule has 1 aromatic heterocycles. The summed E-state index contributed by atoms with van der Waals surface area (Å²) in [6, 6.07) is 5.61. The highest BCUT2D eigenvalue weighted by molar-refractivity contribution is 7.16. The van der Waals surface area contributed by atoms with Gasteiger partial charge in [-0.15, -0.1) is 17.9 Å². The van der Waals surface area contributed by atoms with Gasteiger partial charge >= 0.3 is 0 Å². The summed E-state index contributed by atoms with van der Waals surface area (Å²) in [7, 11) is 0. The van der Waals surface area contributed by atoms with Gasteiger partial charge in [0.2, 0.25) is 0 Å². The zero-order valence-electron chi connectivity index (χ0n) is 12.8. The maximum atomic E-state index is 13.9. The molecule has 0 bridgehead atoms. The van der Waals surface area contributed by atoms with Crippen LogP contribution in [0.5, 0.6) is 0 Å². The van der Waals surface area contributed by atoms with Crippen LogP contribution >= 0.6 is 22.9 Å². The number of amides is 1. The van der Waals surface area contributed by atoms with Crippen molar-refractivity contribution in [2.75, 3.05) is 6.54 Å². The van der Waals surface area contributed by atoms with Crippen LogP contribution in [0.1, 0.15) is 20.8 Å². The van der Waals surface area contributed by atoms with Crippen molar-refractivity contribution in [1.29, 1.82) is 0 Å². The Kier molecular flexibility index (Phi) is 5.69. The molecule has 1 amide bonds. The van der Waals surface area contributed by atoms with Gasteiger partial charge in [0.25, 0.3) is 11.6 Å². The van der Waals surface area contributed by atoms with E-state index in [9.17, 15) is 19.3 Å². The van der Waals surface area contributed by atoms with Gasteiger partial charge in [-0.2, -0.15) is 0 Å². The molecule has 0 spiro atoms. The molecule has 2 rings (SSSR count). The average molecular weight is 369 g/mol. The largest absolute Gasteiger partial charge is 0.330 e. The van der Waals surface area contributed by atoms with Gasteiger partial charge in [-0.1, -0.05) is 17.7 Å². The van der Waals surface area contributed by atoms with Crippen LogP contribution in [0.4, 0.5) is 10.1 Å². The SMILES string of the molecule is C=CCN(Cc1ccc(Cl)s1)C(=O)c1cc(F)c(C)c([N+](=O)[O-])c1. The van der Waals surface area contributed by atoms with Crippen molar-refractivity contribution in [2.45, 2.75) is 13.5 Å². The van der Waals surface area contributed by atoms with E-state index in [1.807, 2.05) is 0 Å². The Hall–Kier alpha value is -2.25. The highest BCUT2D eigenvalue weighted by Gasteiger charge is 2.22. The number of carbonyl (C=O) groups is 1. The Balaban J connectivity index is 2.35. The highest BCUT2D eigenvalue weighted by Crippen LogP contribution is 2.26. The predicted octanol–water partition coefficient (Wildman–Crippen LogP) is 4.59. The molecule has 0 saturated heterocycles. The molecular weight excluding hydrogens is 355 g/mol. The number of nitro groups is 1. The molecule has 0 aliphatic rings. The molecule has 24 heavy (non-hydrogen) atoms. The normalized spacial score (nSPS) is 10.5. The van der Waals surface area contributed by atoms with Crippen LogP contribution in [0.3, 0.4) is 0 Å². The number of nitrogens with zero attached hydrogens (tertiary/aromatic N) is 2. The fraction of sp³-hybridized carbons (Fsp3) is 0.188. The van der Waals surface area contributed by atoms with Crippen molar-refractivity contribution in [1.82, 2.24) is 4.90 Å². The fourth-order valence-electron chi connectivity index (χ4n) is 2.16. The first-order valence-electron chi connectivity index (χ1n) is 6.92. The summed E-state index contributed by atoms with van der Waals surface area (Å²) < 4.78 is 14.5. The summed E-state index contributed by atoms with van der Waals surface area (Å²) in [6.07, 6.45) is 1.53. The molecule has 5 nitrogen and oxygen atoms in total. The number of nitro benzene ring substituents is 1. The van der Waals surface area contributed by atoms with Gasteiger partial charge in [-0.25, -0.2) is 4.39 Å². The third-order valence-corrected chi connectivity index (χ3v) is 4.59. The molecule has 0 aliphatic heterocycles. The minimum absolute atomic E-state index is 0.0747. The Morgan fingerprint density at radius 1 is 1.50 bits per heavy atom. The third-order valence-electron chi connectivity index (χ3n) is 3.37. The highest BCUT2D eigenvalue weighted by atomic mass is 35.5. The number of rotatable bonds is 6. The quantitative estimate of drug-likeness (QED) is 0.425. The molecule has 8 heteroatoms. The van der Waals surface area contributed by atoms with Crippen LogP contribution in [0, 0.1) is 22.9 Å². The lowest BCUT2D eigenvalue weighted by atomic mass is 10.1. The lowest BCUT2D eigenvalue weighted by Crippen LogP contribution is -2.30. The Morgan fingerprint density at radius 2 is 2.21 bits per heavy atom. The molecule has 0 unspecified atom stereocenters. The fourth-order valence-corrected chi connectivity index (χ4v) is 3.26. The Bertz CT molecular complexity index is 807. The van der Waals surface area contributed by atoms with E-state index >= 15 is 0 Å². The molecule has 0 N–H and O–H groups in total. The van der Waals surface area contributed by atoms with E-state index in [4.69, 9.17) is 11.6 Å². The molecule has 2 aromatic rings. The maximum Gasteiger partial charge on any atom is 0.276 e. The second-order valence-electron chi connectivity index (χ2n) is 5.04. The van der Waals surface area contributed by atoms with Gasteiger partial charge in [0, 0.05) is 23.1 Å². The second kappa shape index (κ2) is 7.55. The zero-order valence-corrected chi connectivity index (χ0v) is 14.4. The molecule has 0 fully saturated rings. The first kappa shape index (κ1) is 18.1. The van der Waals surface area contributed by atoms with Gasteiger partial charge < -0.3 is 4.90 Å². The number of carbonyl (C=O) groups excluding carboxylic acids is 1. The summed E-state index contributed by atoms with van der Waals surface area (Å²) in [5.41, 5.74) is -0.595. The molecule has 126 valence electrons. The van der Waals surface area contributed by atoms with Crippen LogP contribution in [-0.2, 0) is 6.54 Å². The number of hydrogen-bond acceptors (Lipinski definition) is 4. The van der Waals surface area contributed by atoms with Crippen molar-refractivity contribution in [3.05, 3.63) is 73.2 Å². The summed E-state index contributed by atoms with van der Waals surface area (Å²) in [6.45, 7) is 5.38. The Labute approximate surface area is 147 Å². The van der Waals surface area contributed by atoms with Gasteiger partial charge in [0.15, 0.2) is 0 Å². The van der Waals surface area contributed by atoms with Crippen molar-refractivity contribution in [2.24, 2.45) is 0 Å². The van der Waals surface area contributed by atoms with Crippen LogP contribution in [0.25, 0.3) is 0 Å². The molecule has 0 aliphatic carbocycles. The van der Waals surface area contributed by atoms with Gasteiger partial charge in [-0.05, 0) is 25.1 Å². The topological polar surface area (TPSA) is 63.5 Å². The second-order valence-corrected chi connectivity index (χ2v) is 6.84. The number of halogens is 2. The summed E-state index contributed by atoms with van der Waals surface area (Å²) in [5, 5.41) is 11.0. The standard InChI is InChI=1S/C16H14ClFN2O3S/c1-3-6-19(9-12-4-5-15(17)24-12)16(21)11-7-13(18)10(2)14(8-11)20(22)23/h3-5,7-8H,1,6,9H2,2H3. The molecular formula is C16H14ClFN2O3S. The summed E-state index contributed by atoms with van der Waals surface area (Å²) >= 11 is 7.20.